The van der Waals surface area contributed by atoms with Crippen LogP contribution in [-0.2, 0) is 0 Å². The third kappa shape index (κ3) is 1.77. The first-order valence-electron chi connectivity index (χ1n) is 4.58. The third-order valence-electron chi connectivity index (χ3n) is 2.49. The fourth-order valence-corrected chi connectivity index (χ4v) is 2.39. The molecule has 0 unspecified atom stereocenters. The number of hydrogen-bond acceptors (Lipinski definition) is 1. The summed E-state index contributed by atoms with van der Waals surface area (Å²) >= 11 is 8.73. The average Bonchev–Trinajstić information content (AvgIpc) is 2.20. The molecule has 0 atom stereocenters. The minimum Gasteiger partial charge on any atom is -0.346 e. The van der Waals surface area contributed by atoms with Gasteiger partial charge in [-0.1, -0.05) is 40.8 Å². The molecule has 0 aliphatic carbocycles. The van der Waals surface area contributed by atoms with E-state index >= 15 is 0 Å². The number of aromatic nitrogens is 1. The fourth-order valence-electron chi connectivity index (χ4n) is 1.69. The third-order valence-corrected chi connectivity index (χ3v) is 3.30. The Hall–Kier alpha value is -0.930. The van der Waals surface area contributed by atoms with E-state index in [1.165, 1.54) is 10.9 Å². The maximum atomic E-state index is 5.26. The van der Waals surface area contributed by atoms with Gasteiger partial charge in [-0.05, 0) is 30.7 Å². The summed E-state index contributed by atoms with van der Waals surface area (Å²) in [5.74, 6) is 0. The second-order valence-electron chi connectivity index (χ2n) is 3.39. The van der Waals surface area contributed by atoms with Gasteiger partial charge in [0.05, 0.1) is 0 Å². The van der Waals surface area contributed by atoms with E-state index in [9.17, 15) is 0 Å². The zero-order chi connectivity index (χ0) is 11.0. The van der Waals surface area contributed by atoms with Crippen LogP contribution in [0.4, 0.5) is 0 Å². The van der Waals surface area contributed by atoms with Crippen LogP contribution in [0.5, 0.6) is 0 Å². The van der Waals surface area contributed by atoms with E-state index in [2.05, 4.69) is 40.5 Å². The van der Waals surface area contributed by atoms with Crippen molar-refractivity contribution in [2.45, 2.75) is 6.92 Å². The summed E-state index contributed by atoms with van der Waals surface area (Å²) in [6.07, 6.45) is 1.80. The van der Waals surface area contributed by atoms with Gasteiger partial charge < -0.3 is 4.98 Å². The number of H-pyrrole nitrogens is 1. The van der Waals surface area contributed by atoms with Crippen molar-refractivity contribution < 1.29 is 0 Å². The number of rotatable bonds is 1. The maximum absolute atomic E-state index is 5.26. The van der Waals surface area contributed by atoms with Gasteiger partial charge in [0.25, 0.3) is 0 Å². The lowest BCUT2D eigenvalue weighted by Crippen LogP contribution is -1.89. The van der Waals surface area contributed by atoms with Gasteiger partial charge in [-0.3, -0.25) is 0 Å². The van der Waals surface area contributed by atoms with Crippen LogP contribution in [0.15, 0.2) is 29.3 Å². The molecule has 1 aromatic heterocycles. The number of hydrogen-bond donors (Lipinski definition) is 1. The first-order chi connectivity index (χ1) is 7.13. The first-order valence-corrected chi connectivity index (χ1v) is 5.78. The van der Waals surface area contributed by atoms with E-state index in [0.29, 0.717) is 0 Å². The van der Waals surface area contributed by atoms with Gasteiger partial charge >= 0.3 is 0 Å². The maximum Gasteiger partial charge on any atom is 0.111 e. The molecule has 0 saturated heterocycles. The summed E-state index contributed by atoms with van der Waals surface area (Å²) in [6.45, 7) is 5.85. The predicted molar refractivity (Wildman–Crippen MR) is 71.7 cm³/mol. The van der Waals surface area contributed by atoms with E-state index < -0.39 is 0 Å². The highest BCUT2D eigenvalue weighted by molar-refractivity contribution is 9.10. The van der Waals surface area contributed by atoms with E-state index in [1.54, 1.807) is 6.08 Å². The van der Waals surface area contributed by atoms with Gasteiger partial charge in [0.15, 0.2) is 0 Å². The highest BCUT2D eigenvalue weighted by atomic mass is 79.9. The summed E-state index contributed by atoms with van der Waals surface area (Å²) in [5, 5.41) is 1.17. The van der Waals surface area contributed by atoms with Crippen LogP contribution in [0.3, 0.4) is 0 Å². The van der Waals surface area contributed by atoms with E-state index in [4.69, 9.17) is 12.2 Å². The molecule has 2 rings (SSSR count). The van der Waals surface area contributed by atoms with Crippen LogP contribution in [0.1, 0.15) is 11.1 Å². The SMILES string of the molecule is C=Cc1c(C)c2cc(Br)ccc2[nH]c1=S. The number of nitrogens with one attached hydrogen (secondary N) is 1. The number of aryl methyl sites for hydroxylation is 1. The summed E-state index contributed by atoms with van der Waals surface area (Å²) in [6, 6.07) is 6.11. The number of pyridine rings is 1. The van der Waals surface area contributed by atoms with Crippen molar-refractivity contribution in [3.63, 3.8) is 0 Å². The highest BCUT2D eigenvalue weighted by Gasteiger charge is 2.04. The quantitative estimate of drug-likeness (QED) is 0.754. The molecule has 1 N–H and O–H groups in total. The summed E-state index contributed by atoms with van der Waals surface area (Å²) in [4.78, 5) is 3.20. The van der Waals surface area contributed by atoms with Crippen molar-refractivity contribution in [1.82, 2.24) is 4.98 Å². The van der Waals surface area contributed by atoms with E-state index in [-0.39, 0.29) is 0 Å². The van der Waals surface area contributed by atoms with Crippen LogP contribution in [0.2, 0.25) is 0 Å². The van der Waals surface area contributed by atoms with Crippen molar-refractivity contribution in [2.75, 3.05) is 0 Å². The molecule has 15 heavy (non-hydrogen) atoms. The molecule has 2 aromatic rings. The number of fused-ring (bicyclic) bond motifs is 1. The normalized spacial score (nSPS) is 10.5. The van der Waals surface area contributed by atoms with Crippen molar-refractivity contribution in [3.8, 4) is 0 Å². The molecule has 0 aliphatic rings. The van der Waals surface area contributed by atoms with Crippen LogP contribution < -0.4 is 0 Å². The lowest BCUT2D eigenvalue weighted by atomic mass is 10.1. The monoisotopic (exact) mass is 279 g/mol. The van der Waals surface area contributed by atoms with Crippen molar-refractivity contribution in [1.29, 1.82) is 0 Å². The van der Waals surface area contributed by atoms with Crippen LogP contribution in [0.25, 0.3) is 17.0 Å². The molecule has 1 heterocycles. The molecule has 0 saturated carbocycles. The largest absolute Gasteiger partial charge is 0.346 e. The predicted octanol–water partition coefficient (Wildman–Crippen LogP) is 4.61. The molecule has 3 heteroatoms. The molecule has 0 radical (unpaired) electrons. The number of aromatic amines is 1. The smallest absolute Gasteiger partial charge is 0.111 e. The Bertz CT molecular complexity index is 598. The second kappa shape index (κ2) is 3.91. The molecule has 1 aromatic carbocycles. The first kappa shape index (κ1) is 10.6. The molecule has 0 bridgehead atoms. The van der Waals surface area contributed by atoms with Gasteiger partial charge in [0, 0.05) is 20.9 Å². The number of benzene rings is 1. The lowest BCUT2D eigenvalue weighted by Gasteiger charge is -2.07. The summed E-state index contributed by atoms with van der Waals surface area (Å²) in [5.41, 5.74) is 3.24. The van der Waals surface area contributed by atoms with Crippen molar-refractivity contribution in [3.05, 3.63) is 45.0 Å². The Morgan fingerprint density at radius 2 is 2.20 bits per heavy atom. The van der Waals surface area contributed by atoms with E-state index in [0.717, 1.165) is 20.2 Å². The second-order valence-corrected chi connectivity index (χ2v) is 4.71. The minimum atomic E-state index is 0.748. The topological polar surface area (TPSA) is 15.8 Å². The Balaban J connectivity index is 2.98. The zero-order valence-electron chi connectivity index (χ0n) is 8.30. The van der Waals surface area contributed by atoms with Crippen LogP contribution in [0, 0.1) is 11.6 Å². The van der Waals surface area contributed by atoms with Gasteiger partial charge in [-0.25, -0.2) is 0 Å². The van der Waals surface area contributed by atoms with Gasteiger partial charge in [0.2, 0.25) is 0 Å². The molecule has 0 fully saturated rings. The molecular formula is C12H10BrNS. The van der Waals surface area contributed by atoms with Crippen molar-refractivity contribution >= 4 is 45.1 Å². The van der Waals surface area contributed by atoms with Gasteiger partial charge in [-0.15, -0.1) is 0 Å². The van der Waals surface area contributed by atoms with Gasteiger partial charge in [-0.2, -0.15) is 0 Å². The zero-order valence-corrected chi connectivity index (χ0v) is 10.7. The highest BCUT2D eigenvalue weighted by Crippen LogP contribution is 2.24. The number of halogens is 1. The van der Waals surface area contributed by atoms with E-state index in [1.807, 2.05) is 12.1 Å². The summed E-state index contributed by atoms with van der Waals surface area (Å²) < 4.78 is 1.82. The Labute approximate surface area is 102 Å². The lowest BCUT2D eigenvalue weighted by molar-refractivity contribution is 1.32. The molecule has 76 valence electrons. The molecule has 0 aliphatic heterocycles. The Kier molecular flexibility index (Phi) is 2.76. The van der Waals surface area contributed by atoms with Gasteiger partial charge in [0.1, 0.15) is 4.64 Å². The molecule has 1 nitrogen and oxygen atoms in total. The standard InChI is InChI=1S/C12H10BrNS/c1-3-9-7(2)10-6-8(13)4-5-11(10)14-12(9)15/h3-6H,1H2,2H3,(H,14,15). The Morgan fingerprint density at radius 3 is 2.87 bits per heavy atom. The Morgan fingerprint density at radius 1 is 1.47 bits per heavy atom. The molecule has 0 amide bonds. The minimum absolute atomic E-state index is 0.748. The summed E-state index contributed by atoms with van der Waals surface area (Å²) in [7, 11) is 0. The molecule has 0 spiro atoms. The van der Waals surface area contributed by atoms with Crippen LogP contribution >= 0.6 is 28.1 Å². The molecular weight excluding hydrogens is 270 g/mol. The van der Waals surface area contributed by atoms with Crippen LogP contribution in [-0.4, -0.2) is 4.98 Å². The fraction of sp³-hybridized carbons (Fsp3) is 0.0833. The van der Waals surface area contributed by atoms with Crippen molar-refractivity contribution in [2.24, 2.45) is 0 Å². The average molecular weight is 280 g/mol.